The van der Waals surface area contributed by atoms with Crippen LogP contribution in [0.2, 0.25) is 0 Å². The number of carbonyl (C=O) groups excluding carboxylic acids is 2. The number of hydrogen-bond donors (Lipinski definition) is 0. The maximum atomic E-state index is 13.6. The Morgan fingerprint density at radius 1 is 1.00 bits per heavy atom. The monoisotopic (exact) mass is 687 g/mol. The summed E-state index contributed by atoms with van der Waals surface area (Å²) < 4.78 is 97.5. The van der Waals surface area contributed by atoms with Crippen LogP contribution in [-0.4, -0.2) is 98.5 Å². The molecule has 264 valence electrons. The third-order valence-electron chi connectivity index (χ3n) is 9.16. The zero-order chi connectivity index (χ0) is 34.8. The summed E-state index contributed by atoms with van der Waals surface area (Å²) in [6, 6.07) is 2.38. The fourth-order valence-corrected chi connectivity index (χ4v) is 6.51. The average molecular weight is 688 g/mol. The van der Waals surface area contributed by atoms with Gasteiger partial charge in [0.2, 0.25) is 0 Å². The second kappa shape index (κ2) is 14.4. The number of ether oxygens (including phenoxy) is 3. The first kappa shape index (κ1) is 35.5. The Bertz CT molecular complexity index is 1430. The molecule has 2 atom stereocenters. The number of benzene rings is 1. The number of amides is 1. The largest absolute Gasteiger partial charge is 0.468 e. The SMILES string of the molecule is CCN(c1ncc(N2CCN(CC(=O)OC)CC2)cc1CN1C(=O)OC(c2cc(C(F)(F)F)cc(C(F)(F)F)c2)C1C)C1CCOCC1. The molecule has 2 unspecified atom stereocenters. The van der Waals surface area contributed by atoms with Gasteiger partial charge < -0.3 is 24.0 Å². The zero-order valence-electron chi connectivity index (χ0n) is 26.9. The van der Waals surface area contributed by atoms with Gasteiger partial charge in [-0.25, -0.2) is 9.78 Å². The molecule has 1 amide bonds. The number of carbonyl (C=O) groups is 2. The number of piperazine rings is 1. The van der Waals surface area contributed by atoms with Crippen LogP contribution in [0.5, 0.6) is 0 Å². The highest BCUT2D eigenvalue weighted by Gasteiger charge is 2.44. The molecule has 3 saturated heterocycles. The zero-order valence-corrected chi connectivity index (χ0v) is 26.9. The normalized spacial score (nSPS) is 21.4. The van der Waals surface area contributed by atoms with Crippen molar-refractivity contribution in [3.8, 4) is 0 Å². The van der Waals surface area contributed by atoms with Gasteiger partial charge in [-0.1, -0.05) is 0 Å². The quantitative estimate of drug-likeness (QED) is 0.251. The van der Waals surface area contributed by atoms with Crippen molar-refractivity contribution in [3.63, 3.8) is 0 Å². The first-order chi connectivity index (χ1) is 22.7. The van der Waals surface area contributed by atoms with Crippen LogP contribution in [0.4, 0.5) is 42.6 Å². The molecule has 4 heterocycles. The van der Waals surface area contributed by atoms with Crippen LogP contribution in [-0.2, 0) is 37.9 Å². The highest BCUT2D eigenvalue weighted by molar-refractivity contribution is 5.72. The van der Waals surface area contributed by atoms with Gasteiger partial charge in [-0.15, -0.1) is 0 Å². The van der Waals surface area contributed by atoms with Crippen molar-refractivity contribution in [2.75, 3.05) is 69.4 Å². The average Bonchev–Trinajstić information content (AvgIpc) is 3.34. The molecule has 2 aromatic rings. The van der Waals surface area contributed by atoms with Crippen LogP contribution in [0.1, 0.15) is 55.0 Å². The molecule has 48 heavy (non-hydrogen) atoms. The van der Waals surface area contributed by atoms with Crippen molar-refractivity contribution < 1.29 is 50.1 Å². The van der Waals surface area contributed by atoms with E-state index in [1.54, 1.807) is 6.20 Å². The molecule has 0 saturated carbocycles. The van der Waals surface area contributed by atoms with Gasteiger partial charge in [0.25, 0.3) is 0 Å². The molecule has 16 heteroatoms. The lowest BCUT2D eigenvalue weighted by Gasteiger charge is -2.38. The van der Waals surface area contributed by atoms with Gasteiger partial charge in [-0.05, 0) is 56.5 Å². The van der Waals surface area contributed by atoms with Crippen molar-refractivity contribution in [1.82, 2.24) is 14.8 Å². The fourth-order valence-electron chi connectivity index (χ4n) is 6.51. The van der Waals surface area contributed by atoms with Gasteiger partial charge in [0.1, 0.15) is 11.9 Å². The number of pyridine rings is 1. The minimum atomic E-state index is -5.04. The molecule has 0 radical (unpaired) electrons. The fraction of sp³-hybridized carbons (Fsp3) is 0.594. The van der Waals surface area contributed by atoms with E-state index in [4.69, 9.17) is 19.2 Å². The van der Waals surface area contributed by atoms with E-state index in [1.807, 2.05) is 17.9 Å². The Labute approximate surface area is 274 Å². The molecular formula is C32H39F6N5O5. The first-order valence-electron chi connectivity index (χ1n) is 15.8. The highest BCUT2D eigenvalue weighted by Crippen LogP contribution is 2.41. The summed E-state index contributed by atoms with van der Waals surface area (Å²) >= 11 is 0. The van der Waals surface area contributed by atoms with Crippen LogP contribution in [0, 0.1) is 0 Å². The molecule has 10 nitrogen and oxygen atoms in total. The molecule has 3 aliphatic rings. The van der Waals surface area contributed by atoms with Crippen LogP contribution in [0.25, 0.3) is 0 Å². The van der Waals surface area contributed by atoms with Crippen LogP contribution < -0.4 is 9.80 Å². The number of methoxy groups -OCH3 is 1. The highest BCUT2D eigenvalue weighted by atomic mass is 19.4. The number of aromatic nitrogens is 1. The molecular weight excluding hydrogens is 648 g/mol. The maximum Gasteiger partial charge on any atom is 0.416 e. The Kier molecular flexibility index (Phi) is 10.6. The van der Waals surface area contributed by atoms with Crippen molar-refractivity contribution >= 4 is 23.6 Å². The van der Waals surface area contributed by atoms with Gasteiger partial charge >= 0.3 is 24.4 Å². The van der Waals surface area contributed by atoms with Crippen LogP contribution in [0.3, 0.4) is 0 Å². The molecule has 0 spiro atoms. The van der Waals surface area contributed by atoms with E-state index in [2.05, 4.69) is 9.80 Å². The summed E-state index contributed by atoms with van der Waals surface area (Å²) in [5.41, 5.74) is -1.92. The maximum absolute atomic E-state index is 13.6. The number of rotatable bonds is 9. The van der Waals surface area contributed by atoms with Gasteiger partial charge in [-0.2, -0.15) is 26.3 Å². The summed E-state index contributed by atoms with van der Waals surface area (Å²) in [4.78, 5) is 37.4. The summed E-state index contributed by atoms with van der Waals surface area (Å²) in [5.74, 6) is 0.300. The van der Waals surface area contributed by atoms with E-state index in [-0.39, 0.29) is 31.2 Å². The Morgan fingerprint density at radius 3 is 2.19 bits per heavy atom. The standard InChI is InChI=1S/C32H39F6N5O5/c1-4-42(25-5-11-47-12-6-25)29-22(15-26(17-39-29)41-9-7-40(8-10-41)19-27(44)46-3)18-43-20(2)28(48-30(43)45)21-13-23(31(33,34)35)16-24(14-21)32(36,37)38/h13-17,20,25,28H,4-12,18-19H2,1-3H3. The Balaban J connectivity index is 1.45. The summed E-state index contributed by atoms with van der Waals surface area (Å²) in [7, 11) is 1.34. The lowest BCUT2D eigenvalue weighted by Crippen LogP contribution is -2.48. The van der Waals surface area contributed by atoms with E-state index in [9.17, 15) is 35.9 Å². The molecule has 1 aromatic heterocycles. The summed E-state index contributed by atoms with van der Waals surface area (Å²) in [5, 5.41) is 0. The molecule has 0 N–H and O–H groups in total. The number of nitrogens with zero attached hydrogens (tertiary/aromatic N) is 5. The Hall–Kier alpha value is -3.79. The molecule has 0 bridgehead atoms. The van der Waals surface area contributed by atoms with Gasteiger partial charge in [0.15, 0.2) is 0 Å². The topological polar surface area (TPSA) is 87.7 Å². The second-order valence-electron chi connectivity index (χ2n) is 12.2. The van der Waals surface area contributed by atoms with Gasteiger partial charge in [0, 0.05) is 57.5 Å². The van der Waals surface area contributed by atoms with Crippen LogP contribution in [0.15, 0.2) is 30.5 Å². The number of alkyl halides is 6. The number of anilines is 2. The number of cyclic esters (lactones) is 1. The van der Waals surface area contributed by atoms with Gasteiger partial charge in [-0.3, -0.25) is 14.6 Å². The van der Waals surface area contributed by atoms with E-state index in [0.29, 0.717) is 69.5 Å². The van der Waals surface area contributed by atoms with Crippen molar-refractivity contribution in [2.24, 2.45) is 0 Å². The second-order valence-corrected chi connectivity index (χ2v) is 12.2. The van der Waals surface area contributed by atoms with E-state index in [1.165, 1.54) is 18.9 Å². The predicted octanol–water partition coefficient (Wildman–Crippen LogP) is 5.50. The molecule has 3 aliphatic heterocycles. The molecule has 0 aliphatic carbocycles. The Morgan fingerprint density at radius 2 is 1.62 bits per heavy atom. The minimum Gasteiger partial charge on any atom is -0.468 e. The number of hydrogen-bond acceptors (Lipinski definition) is 9. The van der Waals surface area contributed by atoms with E-state index >= 15 is 0 Å². The lowest BCUT2D eigenvalue weighted by atomic mass is 9.97. The predicted molar refractivity (Wildman–Crippen MR) is 162 cm³/mol. The molecule has 3 fully saturated rings. The minimum absolute atomic E-state index is 0.0419. The summed E-state index contributed by atoms with van der Waals surface area (Å²) in [6.45, 7) is 7.82. The van der Waals surface area contributed by atoms with E-state index in [0.717, 1.165) is 18.5 Å². The number of halogens is 6. The smallest absolute Gasteiger partial charge is 0.416 e. The lowest BCUT2D eigenvalue weighted by molar-refractivity contribution is -0.144. The number of esters is 1. The van der Waals surface area contributed by atoms with E-state index < -0.39 is 47.3 Å². The van der Waals surface area contributed by atoms with Gasteiger partial charge in [0.05, 0.1) is 49.3 Å². The van der Waals surface area contributed by atoms with Crippen LogP contribution >= 0.6 is 0 Å². The molecule has 1 aromatic carbocycles. The van der Waals surface area contributed by atoms with Crippen molar-refractivity contribution in [1.29, 1.82) is 0 Å². The van der Waals surface area contributed by atoms with Crippen molar-refractivity contribution in [2.45, 2.75) is 63.8 Å². The molecule has 5 rings (SSSR count). The summed E-state index contributed by atoms with van der Waals surface area (Å²) in [6.07, 6.45) is -9.03. The van der Waals surface area contributed by atoms with Crippen molar-refractivity contribution in [3.05, 3.63) is 52.7 Å². The third kappa shape index (κ3) is 7.91. The third-order valence-corrected chi connectivity index (χ3v) is 9.16. The first-order valence-corrected chi connectivity index (χ1v) is 15.8.